The van der Waals surface area contributed by atoms with Crippen molar-refractivity contribution in [2.24, 2.45) is 0 Å². The van der Waals surface area contributed by atoms with Gasteiger partial charge in [0.2, 0.25) is 5.69 Å². The summed E-state index contributed by atoms with van der Waals surface area (Å²) in [6.07, 6.45) is 1.58. The van der Waals surface area contributed by atoms with Gasteiger partial charge in [0.15, 0.2) is 11.6 Å². The summed E-state index contributed by atoms with van der Waals surface area (Å²) in [6, 6.07) is 63.2. The molecule has 0 spiro atoms. The van der Waals surface area contributed by atoms with Crippen molar-refractivity contribution in [1.82, 2.24) is 28.7 Å². The lowest BCUT2D eigenvalue weighted by Crippen LogP contribution is -2.12. The van der Waals surface area contributed by atoms with Crippen LogP contribution in [0, 0.1) is 6.57 Å². The maximum Gasteiger partial charge on any atom is 0.213 e. The molecule has 8 aromatic carbocycles. The Morgan fingerprint density at radius 1 is 0.373 bits per heavy atom. The topological polar surface area (TPSA) is 57.8 Å². The second-order valence-electron chi connectivity index (χ2n) is 14.7. The quantitative estimate of drug-likeness (QED) is 0.164. The summed E-state index contributed by atoms with van der Waals surface area (Å²) in [5.74, 6) is 1.02. The van der Waals surface area contributed by atoms with Crippen LogP contribution in [0.3, 0.4) is 0 Å². The molecule has 0 fully saturated rings. The van der Waals surface area contributed by atoms with E-state index in [0.717, 1.165) is 88.0 Å². The third kappa shape index (κ3) is 4.78. The lowest BCUT2D eigenvalue weighted by molar-refractivity contribution is 1.03. The van der Waals surface area contributed by atoms with Crippen LogP contribution in [-0.2, 0) is 0 Å². The highest BCUT2D eigenvalue weighted by Gasteiger charge is 2.30. The first-order chi connectivity index (χ1) is 29.3. The van der Waals surface area contributed by atoms with Crippen molar-refractivity contribution >= 4 is 71.1 Å². The van der Waals surface area contributed by atoms with Crippen molar-refractivity contribution in [3.05, 3.63) is 200 Å². The summed E-state index contributed by atoms with van der Waals surface area (Å²) >= 11 is 0. The lowest BCUT2D eigenvalue weighted by atomic mass is 10.0. The number of nitrogens with zero attached hydrogens (tertiary/aromatic N) is 7. The Morgan fingerprint density at radius 3 is 1.15 bits per heavy atom. The molecule has 0 atom stereocenters. The molecule has 7 nitrogen and oxygen atoms in total. The smallest absolute Gasteiger partial charge is 0.213 e. The average molecular weight is 754 g/mol. The number of hydrogen-bond acceptors (Lipinski definition) is 3. The number of hydrogen-bond donors (Lipinski definition) is 0. The summed E-state index contributed by atoms with van der Waals surface area (Å²) in [6.45, 7) is 9.04. The van der Waals surface area contributed by atoms with Gasteiger partial charge in [0.25, 0.3) is 0 Å². The van der Waals surface area contributed by atoms with Crippen molar-refractivity contribution in [2.45, 2.75) is 0 Å². The maximum absolute atomic E-state index is 9.04. The van der Waals surface area contributed by atoms with Crippen LogP contribution in [0.2, 0.25) is 0 Å². The molecule has 12 rings (SSSR count). The standard InChI is InChI=1S/C52H31N7/c1-53-41-31-40(52-55-32-54-51(56-52)33-17-3-2-4-18-33)48(57-42-25-11-5-19-34(42)35-20-6-12-26-43(35)57)50(59-46-29-15-9-23-38(46)39-24-10-16-30-47(39)59)49(41)58-44-27-13-7-21-36(44)37-22-8-14-28-45(37)58/h2-32H. The SMILES string of the molecule is [C-]#[N+]c1cc(-c2ncnc(-c3ccccc3)n2)c(-n2c3ccccc3c3ccccc32)c(-n2c3ccccc3c3ccccc32)c1-n1c2ccccc2c2ccccc21. The van der Waals surface area contributed by atoms with E-state index in [1.165, 1.54) is 0 Å². The van der Waals surface area contributed by atoms with Crippen LogP contribution in [0.15, 0.2) is 188 Å². The normalized spacial score (nSPS) is 11.7. The van der Waals surface area contributed by atoms with E-state index in [2.05, 4.69) is 169 Å². The minimum Gasteiger partial charge on any atom is -0.317 e. The third-order valence-electron chi connectivity index (χ3n) is 11.6. The van der Waals surface area contributed by atoms with Gasteiger partial charge in [-0.05, 0) is 42.5 Å². The van der Waals surface area contributed by atoms with Gasteiger partial charge >= 0.3 is 0 Å². The first-order valence-corrected chi connectivity index (χ1v) is 19.6. The number of aromatic nitrogens is 6. The summed E-state index contributed by atoms with van der Waals surface area (Å²) in [7, 11) is 0. The third-order valence-corrected chi connectivity index (χ3v) is 11.6. The van der Waals surface area contributed by atoms with Gasteiger partial charge in [-0.3, -0.25) is 0 Å². The zero-order chi connectivity index (χ0) is 39.0. The van der Waals surface area contributed by atoms with Crippen LogP contribution in [0.25, 0.3) is 110 Å². The summed E-state index contributed by atoms with van der Waals surface area (Å²) < 4.78 is 7.01. The molecule has 12 aromatic rings. The van der Waals surface area contributed by atoms with E-state index in [-0.39, 0.29) is 0 Å². The molecule has 4 heterocycles. The fraction of sp³-hybridized carbons (Fsp3) is 0. The van der Waals surface area contributed by atoms with Gasteiger partial charge in [0.1, 0.15) is 6.33 Å². The van der Waals surface area contributed by atoms with Crippen LogP contribution in [0.1, 0.15) is 0 Å². The van der Waals surface area contributed by atoms with E-state index in [4.69, 9.17) is 16.5 Å². The minimum absolute atomic E-state index is 0.467. The van der Waals surface area contributed by atoms with Gasteiger partial charge in [-0.1, -0.05) is 140 Å². The molecule has 0 saturated heterocycles. The Balaban J connectivity index is 1.38. The molecule has 0 radical (unpaired) electrons. The number of fused-ring (bicyclic) bond motifs is 9. The highest BCUT2D eigenvalue weighted by atomic mass is 15.1. The van der Waals surface area contributed by atoms with Crippen LogP contribution < -0.4 is 0 Å². The second-order valence-corrected chi connectivity index (χ2v) is 14.7. The fourth-order valence-corrected chi connectivity index (χ4v) is 9.19. The Morgan fingerprint density at radius 2 is 0.729 bits per heavy atom. The van der Waals surface area contributed by atoms with Crippen molar-refractivity contribution < 1.29 is 0 Å². The molecule has 0 aliphatic carbocycles. The summed E-state index contributed by atoms with van der Waals surface area (Å²) in [5, 5.41) is 6.70. The van der Waals surface area contributed by atoms with E-state index in [0.29, 0.717) is 22.9 Å². The van der Waals surface area contributed by atoms with Crippen LogP contribution >= 0.6 is 0 Å². The maximum atomic E-state index is 9.04. The zero-order valence-electron chi connectivity index (χ0n) is 31.5. The zero-order valence-corrected chi connectivity index (χ0v) is 31.5. The number of para-hydroxylation sites is 6. The molecule has 0 saturated carbocycles. The molecule has 4 aromatic heterocycles. The summed E-state index contributed by atoms with van der Waals surface area (Å²) in [4.78, 5) is 19.2. The van der Waals surface area contributed by atoms with Crippen molar-refractivity contribution in [1.29, 1.82) is 0 Å². The Kier molecular flexibility index (Phi) is 7.16. The highest BCUT2D eigenvalue weighted by molar-refractivity contribution is 6.15. The fourth-order valence-electron chi connectivity index (χ4n) is 9.19. The Hall–Kier alpha value is -8.34. The second kappa shape index (κ2) is 12.8. The summed E-state index contributed by atoms with van der Waals surface area (Å²) in [5.41, 5.74) is 10.6. The molecular weight excluding hydrogens is 723 g/mol. The number of rotatable bonds is 5. The molecule has 0 unspecified atom stereocenters. The van der Waals surface area contributed by atoms with Gasteiger partial charge in [-0.2, -0.15) is 0 Å². The molecule has 0 amide bonds. The Labute approximate surface area is 338 Å². The van der Waals surface area contributed by atoms with E-state index >= 15 is 0 Å². The van der Waals surface area contributed by atoms with Crippen LogP contribution in [0.4, 0.5) is 5.69 Å². The molecule has 274 valence electrons. The van der Waals surface area contributed by atoms with Gasteiger partial charge in [0, 0.05) is 43.4 Å². The first-order valence-electron chi connectivity index (χ1n) is 19.6. The molecule has 0 aliphatic heterocycles. The highest BCUT2D eigenvalue weighted by Crippen LogP contribution is 2.49. The van der Waals surface area contributed by atoms with E-state index in [9.17, 15) is 0 Å². The van der Waals surface area contributed by atoms with Gasteiger partial charge in [-0.15, -0.1) is 0 Å². The van der Waals surface area contributed by atoms with Gasteiger partial charge in [0.05, 0.1) is 56.7 Å². The van der Waals surface area contributed by atoms with Gasteiger partial charge in [-0.25, -0.2) is 19.8 Å². The first kappa shape index (κ1) is 32.9. The molecule has 0 bridgehead atoms. The predicted octanol–water partition coefficient (Wildman–Crippen LogP) is 13.0. The van der Waals surface area contributed by atoms with Crippen molar-refractivity contribution in [2.75, 3.05) is 0 Å². The van der Waals surface area contributed by atoms with Crippen molar-refractivity contribution in [3.63, 3.8) is 0 Å². The molecule has 7 heteroatoms. The monoisotopic (exact) mass is 753 g/mol. The van der Waals surface area contributed by atoms with Crippen LogP contribution in [-0.4, -0.2) is 28.7 Å². The average Bonchev–Trinajstić information content (AvgIpc) is 3.94. The predicted molar refractivity (Wildman–Crippen MR) is 240 cm³/mol. The molecular formula is C52H31N7. The Bertz CT molecular complexity index is 3540. The molecule has 0 aliphatic rings. The van der Waals surface area contributed by atoms with Crippen molar-refractivity contribution in [3.8, 4) is 39.8 Å². The minimum atomic E-state index is 0.467. The molecule has 59 heavy (non-hydrogen) atoms. The van der Waals surface area contributed by atoms with Gasteiger partial charge < -0.3 is 13.7 Å². The van der Waals surface area contributed by atoms with E-state index in [1.54, 1.807) is 6.33 Å². The largest absolute Gasteiger partial charge is 0.317 e. The number of benzene rings is 8. The lowest BCUT2D eigenvalue weighted by Gasteiger charge is -2.25. The van der Waals surface area contributed by atoms with E-state index in [1.807, 2.05) is 36.4 Å². The van der Waals surface area contributed by atoms with E-state index < -0.39 is 0 Å². The molecule has 0 N–H and O–H groups in total. The van der Waals surface area contributed by atoms with Crippen LogP contribution in [0.5, 0.6) is 0 Å².